The molecule has 100 valence electrons. The molecule has 1 N–H and O–H groups in total. The second kappa shape index (κ2) is 6.07. The molecule has 1 aromatic rings. The first-order valence-corrected chi connectivity index (χ1v) is 7.55. The fraction of sp³-hybridized carbons (Fsp3) is 0.600. The standard InChI is InChI=1S/C15H22BrNO/c1-11-5-3-4-6-14(11)17(2)15-9-13(16)8-7-12(15)10-18/h7-9,11,14,18H,3-6,10H2,1-2H3. The Bertz CT molecular complexity index is 407. The minimum Gasteiger partial charge on any atom is -0.392 e. The van der Waals surface area contributed by atoms with Crippen LogP contribution >= 0.6 is 15.9 Å². The van der Waals surface area contributed by atoms with E-state index in [1.54, 1.807) is 0 Å². The van der Waals surface area contributed by atoms with Crippen molar-refractivity contribution in [2.24, 2.45) is 5.92 Å². The highest BCUT2D eigenvalue weighted by atomic mass is 79.9. The van der Waals surface area contributed by atoms with Crippen LogP contribution in [0.3, 0.4) is 0 Å². The van der Waals surface area contributed by atoms with Crippen molar-refractivity contribution in [1.82, 2.24) is 0 Å². The second-order valence-electron chi connectivity index (χ2n) is 5.37. The molecule has 18 heavy (non-hydrogen) atoms. The lowest BCUT2D eigenvalue weighted by Crippen LogP contribution is -2.39. The largest absolute Gasteiger partial charge is 0.392 e. The highest BCUT2D eigenvalue weighted by Crippen LogP contribution is 2.33. The van der Waals surface area contributed by atoms with Gasteiger partial charge < -0.3 is 10.0 Å². The molecule has 0 bridgehead atoms. The Labute approximate surface area is 118 Å². The Hall–Kier alpha value is -0.540. The maximum atomic E-state index is 9.48. The lowest BCUT2D eigenvalue weighted by atomic mass is 9.84. The number of aliphatic hydroxyl groups excluding tert-OH is 1. The van der Waals surface area contributed by atoms with E-state index in [4.69, 9.17) is 0 Å². The third kappa shape index (κ3) is 2.89. The highest BCUT2D eigenvalue weighted by molar-refractivity contribution is 9.10. The van der Waals surface area contributed by atoms with E-state index in [9.17, 15) is 5.11 Å². The molecule has 0 spiro atoms. The number of hydrogen-bond acceptors (Lipinski definition) is 2. The van der Waals surface area contributed by atoms with Gasteiger partial charge in [0.25, 0.3) is 0 Å². The van der Waals surface area contributed by atoms with Crippen molar-refractivity contribution in [2.45, 2.75) is 45.3 Å². The van der Waals surface area contributed by atoms with Crippen LogP contribution in [0.5, 0.6) is 0 Å². The molecule has 1 aliphatic rings. The van der Waals surface area contributed by atoms with E-state index in [1.165, 1.54) is 25.7 Å². The molecular formula is C15H22BrNO. The molecule has 0 saturated heterocycles. The molecule has 0 aromatic heterocycles. The van der Waals surface area contributed by atoms with Gasteiger partial charge in [-0.1, -0.05) is 41.8 Å². The second-order valence-corrected chi connectivity index (χ2v) is 6.29. The monoisotopic (exact) mass is 311 g/mol. The summed E-state index contributed by atoms with van der Waals surface area (Å²) in [6.45, 7) is 2.45. The van der Waals surface area contributed by atoms with Crippen LogP contribution < -0.4 is 4.90 Å². The molecular weight excluding hydrogens is 290 g/mol. The Morgan fingerprint density at radius 2 is 2.06 bits per heavy atom. The van der Waals surface area contributed by atoms with Gasteiger partial charge in [0.05, 0.1) is 6.61 Å². The lowest BCUT2D eigenvalue weighted by Gasteiger charge is -2.38. The minimum atomic E-state index is 0.105. The SMILES string of the molecule is CC1CCCCC1N(C)c1cc(Br)ccc1CO. The van der Waals surface area contributed by atoms with Crippen LogP contribution in [0.25, 0.3) is 0 Å². The molecule has 2 unspecified atom stereocenters. The molecule has 2 nitrogen and oxygen atoms in total. The number of hydrogen-bond donors (Lipinski definition) is 1. The molecule has 2 rings (SSSR count). The molecule has 0 radical (unpaired) electrons. The normalized spacial score (nSPS) is 24.0. The average molecular weight is 312 g/mol. The highest BCUT2D eigenvalue weighted by Gasteiger charge is 2.26. The maximum Gasteiger partial charge on any atom is 0.0702 e. The van der Waals surface area contributed by atoms with Gasteiger partial charge in [0, 0.05) is 28.8 Å². The maximum absolute atomic E-state index is 9.48. The summed E-state index contributed by atoms with van der Waals surface area (Å²) >= 11 is 3.52. The predicted molar refractivity (Wildman–Crippen MR) is 79.9 cm³/mol. The Morgan fingerprint density at radius 3 is 2.72 bits per heavy atom. The van der Waals surface area contributed by atoms with E-state index < -0.39 is 0 Å². The Kier molecular flexibility index (Phi) is 4.68. The molecule has 0 aliphatic heterocycles. The smallest absolute Gasteiger partial charge is 0.0702 e. The summed E-state index contributed by atoms with van der Waals surface area (Å²) in [5, 5.41) is 9.48. The first-order valence-electron chi connectivity index (χ1n) is 6.75. The third-order valence-corrected chi connectivity index (χ3v) is 4.65. The van der Waals surface area contributed by atoms with Crippen molar-refractivity contribution >= 4 is 21.6 Å². The van der Waals surface area contributed by atoms with Crippen molar-refractivity contribution in [3.63, 3.8) is 0 Å². The summed E-state index contributed by atoms with van der Waals surface area (Å²) in [6.07, 6.45) is 5.26. The first-order chi connectivity index (χ1) is 8.63. The molecule has 2 atom stereocenters. The van der Waals surface area contributed by atoms with Gasteiger partial charge in [-0.15, -0.1) is 0 Å². The number of aliphatic hydroxyl groups is 1. The van der Waals surface area contributed by atoms with Crippen LogP contribution in [0.2, 0.25) is 0 Å². The Morgan fingerprint density at radius 1 is 1.33 bits per heavy atom. The van der Waals surface area contributed by atoms with Gasteiger partial charge in [-0.05, 0) is 30.9 Å². The van der Waals surface area contributed by atoms with Gasteiger partial charge in [0.2, 0.25) is 0 Å². The molecule has 1 aromatic carbocycles. The van der Waals surface area contributed by atoms with Crippen molar-refractivity contribution < 1.29 is 5.11 Å². The Balaban J connectivity index is 2.26. The van der Waals surface area contributed by atoms with Crippen LogP contribution in [-0.2, 0) is 6.61 Å². The van der Waals surface area contributed by atoms with Crippen molar-refractivity contribution in [3.8, 4) is 0 Å². The summed E-state index contributed by atoms with van der Waals surface area (Å²) in [4.78, 5) is 2.36. The van der Waals surface area contributed by atoms with Gasteiger partial charge in [0.1, 0.15) is 0 Å². The van der Waals surface area contributed by atoms with Gasteiger partial charge in [-0.25, -0.2) is 0 Å². The number of benzene rings is 1. The predicted octanol–water partition coefficient (Wildman–Crippen LogP) is 3.96. The van der Waals surface area contributed by atoms with Crippen LogP contribution in [0.1, 0.15) is 38.2 Å². The zero-order valence-corrected chi connectivity index (χ0v) is 12.8. The summed E-state index contributed by atoms with van der Waals surface area (Å²) in [7, 11) is 2.16. The summed E-state index contributed by atoms with van der Waals surface area (Å²) in [5.41, 5.74) is 2.17. The van der Waals surface area contributed by atoms with E-state index in [1.807, 2.05) is 12.1 Å². The third-order valence-electron chi connectivity index (χ3n) is 4.16. The summed E-state index contributed by atoms with van der Waals surface area (Å²) in [5.74, 6) is 0.731. The van der Waals surface area contributed by atoms with Crippen molar-refractivity contribution in [3.05, 3.63) is 28.2 Å². The van der Waals surface area contributed by atoms with E-state index in [0.29, 0.717) is 6.04 Å². The summed E-state index contributed by atoms with van der Waals surface area (Å²) < 4.78 is 1.07. The molecule has 1 aliphatic carbocycles. The van der Waals surface area contributed by atoms with Crippen LogP contribution in [0.15, 0.2) is 22.7 Å². The zero-order valence-electron chi connectivity index (χ0n) is 11.2. The fourth-order valence-electron chi connectivity index (χ4n) is 3.05. The zero-order chi connectivity index (χ0) is 13.1. The van der Waals surface area contributed by atoms with E-state index in [-0.39, 0.29) is 6.61 Å². The van der Waals surface area contributed by atoms with Gasteiger partial charge in [-0.3, -0.25) is 0 Å². The number of rotatable bonds is 3. The first kappa shape index (κ1) is 13.9. The molecule has 0 heterocycles. The number of anilines is 1. The molecule has 1 fully saturated rings. The quantitative estimate of drug-likeness (QED) is 0.913. The van der Waals surface area contributed by atoms with E-state index in [2.05, 4.69) is 40.9 Å². The number of halogens is 1. The van der Waals surface area contributed by atoms with Crippen LogP contribution in [0.4, 0.5) is 5.69 Å². The molecule has 1 saturated carbocycles. The van der Waals surface area contributed by atoms with Crippen LogP contribution in [0, 0.1) is 5.92 Å². The van der Waals surface area contributed by atoms with Gasteiger partial charge >= 0.3 is 0 Å². The van der Waals surface area contributed by atoms with Crippen molar-refractivity contribution in [2.75, 3.05) is 11.9 Å². The number of nitrogens with zero attached hydrogens (tertiary/aromatic N) is 1. The van der Waals surface area contributed by atoms with Gasteiger partial charge in [0.15, 0.2) is 0 Å². The minimum absolute atomic E-state index is 0.105. The van der Waals surface area contributed by atoms with Gasteiger partial charge in [-0.2, -0.15) is 0 Å². The van der Waals surface area contributed by atoms with E-state index >= 15 is 0 Å². The molecule has 0 amide bonds. The van der Waals surface area contributed by atoms with E-state index in [0.717, 1.165) is 21.6 Å². The fourth-order valence-corrected chi connectivity index (χ4v) is 3.40. The average Bonchev–Trinajstić information content (AvgIpc) is 2.38. The van der Waals surface area contributed by atoms with Crippen LogP contribution in [-0.4, -0.2) is 18.2 Å². The lowest BCUT2D eigenvalue weighted by molar-refractivity contribution is 0.280. The topological polar surface area (TPSA) is 23.5 Å². The molecule has 3 heteroatoms. The summed E-state index contributed by atoms with van der Waals surface area (Å²) in [6, 6.07) is 6.71. The van der Waals surface area contributed by atoms with Crippen molar-refractivity contribution in [1.29, 1.82) is 0 Å².